The van der Waals surface area contributed by atoms with Crippen LogP contribution < -0.4 is 21.3 Å². The first-order chi connectivity index (χ1) is 16.9. The number of carbonyl (C=O) groups excluding carboxylic acids is 2. The maximum absolute atomic E-state index is 12.9. The number of anilines is 3. The van der Waals surface area contributed by atoms with Gasteiger partial charge < -0.3 is 21.3 Å². The lowest BCUT2D eigenvalue weighted by atomic mass is 9.97. The second kappa shape index (κ2) is 9.28. The summed E-state index contributed by atoms with van der Waals surface area (Å²) >= 11 is 0. The maximum Gasteiger partial charge on any atom is 0.273 e. The van der Waals surface area contributed by atoms with E-state index in [0.717, 1.165) is 18.5 Å². The minimum Gasteiger partial charge on any atom is -0.364 e. The molecule has 1 saturated carbocycles. The van der Waals surface area contributed by atoms with Gasteiger partial charge in [0.15, 0.2) is 11.5 Å². The van der Waals surface area contributed by atoms with Gasteiger partial charge in [0.05, 0.1) is 17.4 Å². The third kappa shape index (κ3) is 4.91. The average Bonchev–Trinajstić information content (AvgIpc) is 3.62. The first-order valence-electron chi connectivity index (χ1n) is 11.7. The maximum atomic E-state index is 12.9. The molecule has 12 heteroatoms. The van der Waals surface area contributed by atoms with Crippen molar-refractivity contribution < 1.29 is 9.59 Å². The molecule has 12 nitrogen and oxygen atoms in total. The van der Waals surface area contributed by atoms with Gasteiger partial charge in [0.25, 0.3) is 11.8 Å². The van der Waals surface area contributed by atoms with Crippen molar-refractivity contribution in [2.24, 2.45) is 12.8 Å². The fourth-order valence-electron chi connectivity index (χ4n) is 4.35. The summed E-state index contributed by atoms with van der Waals surface area (Å²) in [7, 11) is 1.78. The molecular weight excluding hydrogens is 448 g/mol. The Morgan fingerprint density at radius 2 is 1.97 bits per heavy atom. The number of nitrogens with zero attached hydrogens (tertiary/aromatic N) is 7. The number of hydrogen-bond donors (Lipinski definition) is 3. The van der Waals surface area contributed by atoms with Gasteiger partial charge >= 0.3 is 0 Å². The van der Waals surface area contributed by atoms with Gasteiger partial charge in [-0.3, -0.25) is 19.3 Å². The molecule has 0 bridgehead atoms. The zero-order chi connectivity index (χ0) is 24.5. The lowest BCUT2D eigenvalue weighted by molar-refractivity contribution is 0.0922. The van der Waals surface area contributed by atoms with E-state index in [1.165, 1.54) is 12.8 Å². The van der Waals surface area contributed by atoms with Gasteiger partial charge in [-0.2, -0.15) is 10.1 Å². The zero-order valence-corrected chi connectivity index (χ0v) is 19.7. The van der Waals surface area contributed by atoms with E-state index >= 15 is 0 Å². The van der Waals surface area contributed by atoms with Gasteiger partial charge in [0, 0.05) is 49.7 Å². The highest BCUT2D eigenvalue weighted by Gasteiger charge is 2.32. The molecule has 1 aliphatic carbocycles. The molecule has 4 heterocycles. The van der Waals surface area contributed by atoms with E-state index in [0.29, 0.717) is 29.7 Å². The Morgan fingerprint density at radius 1 is 1.14 bits per heavy atom. The smallest absolute Gasteiger partial charge is 0.273 e. The molecule has 0 aromatic carbocycles. The summed E-state index contributed by atoms with van der Waals surface area (Å²) in [6.07, 6.45) is 9.00. The van der Waals surface area contributed by atoms with Crippen LogP contribution in [0.2, 0.25) is 0 Å². The Bertz CT molecular complexity index is 1240. The zero-order valence-electron chi connectivity index (χ0n) is 19.7. The van der Waals surface area contributed by atoms with Gasteiger partial charge in [-0.15, -0.1) is 10.2 Å². The molecule has 3 aromatic rings. The number of nitrogens with one attached hydrogen (secondary N) is 2. The van der Waals surface area contributed by atoms with Crippen LogP contribution in [0.3, 0.4) is 0 Å². The molecule has 2 aliphatic rings. The summed E-state index contributed by atoms with van der Waals surface area (Å²) in [5, 5.41) is 18.5. The number of piperidine rings is 1. The molecule has 2 fully saturated rings. The average molecular weight is 477 g/mol. The van der Waals surface area contributed by atoms with Crippen molar-refractivity contribution >= 4 is 29.3 Å². The fraction of sp³-hybridized carbons (Fsp3) is 0.435. The molecule has 1 aliphatic heterocycles. The second-order valence-corrected chi connectivity index (χ2v) is 9.10. The minimum atomic E-state index is -0.735. The molecule has 4 N–H and O–H groups in total. The number of aromatic nitrogens is 6. The summed E-state index contributed by atoms with van der Waals surface area (Å²) in [5.41, 5.74) is 7.66. The Morgan fingerprint density at radius 3 is 2.63 bits per heavy atom. The third-order valence-electron chi connectivity index (χ3n) is 6.48. The van der Waals surface area contributed by atoms with E-state index in [9.17, 15) is 9.59 Å². The number of primary amides is 1. The fourth-order valence-corrected chi connectivity index (χ4v) is 4.35. The van der Waals surface area contributed by atoms with Crippen LogP contribution in [0.15, 0.2) is 30.7 Å². The Hall–Kier alpha value is -4.09. The van der Waals surface area contributed by atoms with Gasteiger partial charge in [-0.1, -0.05) is 0 Å². The number of aryl methyl sites for hydroxylation is 1. The molecule has 0 unspecified atom stereocenters. The Labute approximate surface area is 202 Å². The van der Waals surface area contributed by atoms with Crippen LogP contribution in [0, 0.1) is 0 Å². The van der Waals surface area contributed by atoms with Crippen LogP contribution in [-0.2, 0) is 7.05 Å². The van der Waals surface area contributed by atoms with E-state index in [1.807, 2.05) is 24.0 Å². The van der Waals surface area contributed by atoms with Crippen molar-refractivity contribution in [1.82, 2.24) is 35.3 Å². The summed E-state index contributed by atoms with van der Waals surface area (Å²) in [6, 6.07) is 3.57. The molecule has 5 rings (SSSR count). The Kier molecular flexibility index (Phi) is 6.01. The molecule has 2 atom stereocenters. The normalized spacial score (nSPS) is 19.9. The molecule has 0 spiro atoms. The van der Waals surface area contributed by atoms with E-state index < -0.39 is 5.91 Å². The van der Waals surface area contributed by atoms with Crippen LogP contribution in [0.5, 0.6) is 0 Å². The summed E-state index contributed by atoms with van der Waals surface area (Å²) in [4.78, 5) is 35.8. The highest BCUT2D eigenvalue weighted by atomic mass is 16.2. The molecule has 1 saturated heterocycles. The molecule has 182 valence electrons. The number of nitrogens with two attached hydrogens (primary N) is 1. The number of pyridine rings is 1. The highest BCUT2D eigenvalue weighted by molar-refractivity contribution is 5.96. The first-order valence-corrected chi connectivity index (χ1v) is 11.7. The standard InChI is InChI=1S/C23H28N10O2/c1-13-17(28-22(35)15-7-8-18(25-10-15)14-5-6-14)4-3-9-33(13)23-29-21(19(20(24)34)30-31-23)27-16-11-26-32(2)12-16/h7-8,10-14,17H,3-6,9H2,1-2H3,(H2,24,34)(H,28,35)(H,27,29,31)/t13-,17-/m1/s1. The van der Waals surface area contributed by atoms with Crippen molar-refractivity contribution in [3.05, 3.63) is 47.7 Å². The van der Waals surface area contributed by atoms with E-state index in [1.54, 1.807) is 30.3 Å². The van der Waals surface area contributed by atoms with Crippen LogP contribution in [0.4, 0.5) is 17.5 Å². The third-order valence-corrected chi connectivity index (χ3v) is 6.48. The monoisotopic (exact) mass is 476 g/mol. The quantitative estimate of drug-likeness (QED) is 0.460. The van der Waals surface area contributed by atoms with Crippen molar-refractivity contribution in [3.8, 4) is 0 Å². The second-order valence-electron chi connectivity index (χ2n) is 9.10. The topological polar surface area (TPSA) is 157 Å². The number of rotatable bonds is 7. The van der Waals surface area contributed by atoms with Crippen molar-refractivity contribution in [3.63, 3.8) is 0 Å². The van der Waals surface area contributed by atoms with Crippen LogP contribution in [-0.4, -0.2) is 60.4 Å². The number of hydrogen-bond acceptors (Lipinski definition) is 9. The lowest BCUT2D eigenvalue weighted by Crippen LogP contribution is -2.54. The first kappa shape index (κ1) is 22.7. The van der Waals surface area contributed by atoms with Crippen molar-refractivity contribution in [2.45, 2.75) is 50.6 Å². The number of amides is 2. The van der Waals surface area contributed by atoms with Crippen molar-refractivity contribution in [1.29, 1.82) is 0 Å². The predicted octanol–water partition coefficient (Wildman–Crippen LogP) is 1.51. The summed E-state index contributed by atoms with van der Waals surface area (Å²) in [5.74, 6) is 0.215. The van der Waals surface area contributed by atoms with Crippen LogP contribution in [0.25, 0.3) is 0 Å². The number of carbonyl (C=O) groups is 2. The predicted molar refractivity (Wildman–Crippen MR) is 128 cm³/mol. The van der Waals surface area contributed by atoms with Gasteiger partial charge in [0.2, 0.25) is 5.95 Å². The van der Waals surface area contributed by atoms with Gasteiger partial charge in [-0.05, 0) is 44.7 Å². The van der Waals surface area contributed by atoms with Gasteiger partial charge in [0.1, 0.15) is 0 Å². The summed E-state index contributed by atoms with van der Waals surface area (Å²) < 4.78 is 1.62. The highest BCUT2D eigenvalue weighted by Crippen LogP contribution is 2.38. The lowest BCUT2D eigenvalue weighted by Gasteiger charge is -2.39. The van der Waals surface area contributed by atoms with Crippen molar-refractivity contribution in [2.75, 3.05) is 16.8 Å². The van der Waals surface area contributed by atoms with Crippen LogP contribution >= 0.6 is 0 Å². The summed E-state index contributed by atoms with van der Waals surface area (Å²) in [6.45, 7) is 2.70. The SMILES string of the molecule is C[C@@H]1[C@H](NC(=O)c2ccc(C3CC3)nc2)CCCN1c1nnc(C(N)=O)c(Nc2cnn(C)c2)n1. The van der Waals surface area contributed by atoms with Crippen LogP contribution in [0.1, 0.15) is 65.1 Å². The van der Waals surface area contributed by atoms with E-state index in [4.69, 9.17) is 5.73 Å². The molecule has 35 heavy (non-hydrogen) atoms. The largest absolute Gasteiger partial charge is 0.364 e. The molecule has 3 aromatic heterocycles. The molecular formula is C23H28N10O2. The van der Waals surface area contributed by atoms with E-state index in [2.05, 4.69) is 35.9 Å². The molecule has 2 amide bonds. The van der Waals surface area contributed by atoms with Gasteiger partial charge in [-0.25, -0.2) is 0 Å². The minimum absolute atomic E-state index is 0.0609. The Balaban J connectivity index is 1.32. The van der Waals surface area contributed by atoms with E-state index in [-0.39, 0.29) is 29.5 Å². The molecule has 0 radical (unpaired) electrons.